The van der Waals surface area contributed by atoms with Gasteiger partial charge in [-0.2, -0.15) is 0 Å². The SMILES string of the molecule is CNC(=S)NNc1ccc(OC)c(Cl)c1. The monoisotopic (exact) mass is 245 g/mol. The number of hydrogen-bond donors (Lipinski definition) is 3. The van der Waals surface area contributed by atoms with Crippen LogP contribution in [0.4, 0.5) is 5.69 Å². The lowest BCUT2D eigenvalue weighted by Crippen LogP contribution is -2.36. The van der Waals surface area contributed by atoms with E-state index >= 15 is 0 Å². The summed E-state index contributed by atoms with van der Waals surface area (Å²) < 4.78 is 5.03. The number of hydrogen-bond acceptors (Lipinski definition) is 3. The van der Waals surface area contributed by atoms with Gasteiger partial charge in [0.25, 0.3) is 0 Å². The smallest absolute Gasteiger partial charge is 0.184 e. The number of anilines is 1. The van der Waals surface area contributed by atoms with Gasteiger partial charge in [0.2, 0.25) is 0 Å². The Bertz CT molecular complexity index is 359. The zero-order valence-electron chi connectivity index (χ0n) is 8.43. The number of halogens is 1. The zero-order chi connectivity index (χ0) is 11.3. The van der Waals surface area contributed by atoms with E-state index in [0.717, 1.165) is 5.69 Å². The number of nitrogens with one attached hydrogen (secondary N) is 3. The van der Waals surface area contributed by atoms with Crippen molar-refractivity contribution in [2.75, 3.05) is 19.6 Å². The Balaban J connectivity index is 2.63. The first kappa shape index (κ1) is 11.9. The van der Waals surface area contributed by atoms with Gasteiger partial charge in [-0.25, -0.2) is 0 Å². The van der Waals surface area contributed by atoms with E-state index < -0.39 is 0 Å². The highest BCUT2D eigenvalue weighted by molar-refractivity contribution is 7.80. The largest absolute Gasteiger partial charge is 0.495 e. The van der Waals surface area contributed by atoms with Gasteiger partial charge in [-0.15, -0.1) is 0 Å². The van der Waals surface area contributed by atoms with E-state index in [4.69, 9.17) is 28.6 Å². The van der Waals surface area contributed by atoms with Crippen LogP contribution in [0.1, 0.15) is 0 Å². The molecule has 0 unspecified atom stereocenters. The Hall–Kier alpha value is -1.20. The van der Waals surface area contributed by atoms with Crippen molar-refractivity contribution in [1.29, 1.82) is 0 Å². The zero-order valence-corrected chi connectivity index (χ0v) is 10.00. The standard InChI is InChI=1S/C9H12ClN3OS/c1-11-9(15)13-12-6-3-4-8(14-2)7(10)5-6/h3-5,12H,1-2H3,(H2,11,13,15). The predicted molar refractivity (Wildman–Crippen MR) is 66.4 cm³/mol. The molecule has 0 bridgehead atoms. The molecule has 0 aromatic heterocycles. The average Bonchev–Trinajstić information content (AvgIpc) is 2.26. The van der Waals surface area contributed by atoms with E-state index in [1.165, 1.54) is 0 Å². The fraction of sp³-hybridized carbons (Fsp3) is 0.222. The van der Waals surface area contributed by atoms with Crippen LogP contribution in [0.2, 0.25) is 5.02 Å². The molecule has 0 aliphatic carbocycles. The molecule has 1 aromatic rings. The van der Waals surface area contributed by atoms with Gasteiger partial charge in [0.05, 0.1) is 17.8 Å². The summed E-state index contributed by atoms with van der Waals surface area (Å²) in [6.07, 6.45) is 0. The molecule has 1 rings (SSSR count). The summed E-state index contributed by atoms with van der Waals surface area (Å²) in [6, 6.07) is 5.34. The molecule has 0 aliphatic rings. The number of rotatable bonds is 3. The molecular formula is C9H12ClN3OS. The minimum atomic E-state index is 0.502. The highest BCUT2D eigenvalue weighted by Crippen LogP contribution is 2.26. The molecule has 0 radical (unpaired) electrons. The van der Waals surface area contributed by atoms with Crippen LogP contribution in [0.25, 0.3) is 0 Å². The summed E-state index contributed by atoms with van der Waals surface area (Å²) in [5, 5.41) is 3.82. The quantitative estimate of drug-likeness (QED) is 0.560. The summed E-state index contributed by atoms with van der Waals surface area (Å²) in [5.41, 5.74) is 6.48. The second-order valence-corrected chi connectivity index (χ2v) is 3.49. The molecule has 0 heterocycles. The molecule has 0 amide bonds. The molecule has 6 heteroatoms. The van der Waals surface area contributed by atoms with E-state index in [-0.39, 0.29) is 0 Å². The molecule has 0 fully saturated rings. The highest BCUT2D eigenvalue weighted by atomic mass is 35.5. The first-order valence-corrected chi connectivity index (χ1v) is 5.03. The van der Waals surface area contributed by atoms with Crippen LogP contribution < -0.4 is 20.9 Å². The van der Waals surface area contributed by atoms with Crippen molar-refractivity contribution in [2.45, 2.75) is 0 Å². The summed E-state index contributed by atoms with van der Waals surface area (Å²) in [7, 11) is 3.31. The maximum atomic E-state index is 5.94. The second-order valence-electron chi connectivity index (χ2n) is 2.68. The first-order chi connectivity index (χ1) is 7.17. The lowest BCUT2D eigenvalue weighted by atomic mass is 10.3. The van der Waals surface area contributed by atoms with Crippen LogP contribution in [0.15, 0.2) is 18.2 Å². The van der Waals surface area contributed by atoms with Crippen molar-refractivity contribution in [3.05, 3.63) is 23.2 Å². The summed E-state index contributed by atoms with van der Waals surface area (Å²) in [4.78, 5) is 0. The van der Waals surface area contributed by atoms with E-state index in [1.807, 2.05) is 6.07 Å². The van der Waals surface area contributed by atoms with Gasteiger partial charge < -0.3 is 10.1 Å². The maximum absolute atomic E-state index is 5.94. The van der Waals surface area contributed by atoms with Crippen molar-refractivity contribution in [3.8, 4) is 5.75 Å². The molecule has 0 saturated carbocycles. The molecule has 0 aliphatic heterocycles. The molecule has 1 aromatic carbocycles. The molecule has 15 heavy (non-hydrogen) atoms. The number of thiocarbonyl (C=S) groups is 1. The van der Waals surface area contributed by atoms with Gasteiger partial charge in [0.15, 0.2) is 5.11 Å². The lowest BCUT2D eigenvalue weighted by molar-refractivity contribution is 0.415. The molecule has 0 atom stereocenters. The maximum Gasteiger partial charge on any atom is 0.184 e. The van der Waals surface area contributed by atoms with Crippen LogP contribution in [0.3, 0.4) is 0 Å². The van der Waals surface area contributed by atoms with Crippen LogP contribution >= 0.6 is 23.8 Å². The number of benzene rings is 1. The Morgan fingerprint density at radius 2 is 2.20 bits per heavy atom. The van der Waals surface area contributed by atoms with Crippen molar-refractivity contribution in [1.82, 2.24) is 10.7 Å². The van der Waals surface area contributed by atoms with Gasteiger partial charge in [-0.05, 0) is 30.4 Å². The third-order valence-corrected chi connectivity index (χ3v) is 2.30. The topological polar surface area (TPSA) is 45.3 Å². The summed E-state index contributed by atoms with van der Waals surface area (Å²) in [5.74, 6) is 0.637. The molecular weight excluding hydrogens is 234 g/mol. The second kappa shape index (κ2) is 5.63. The Labute approximate surface area is 98.9 Å². The van der Waals surface area contributed by atoms with Crippen molar-refractivity contribution in [3.63, 3.8) is 0 Å². The van der Waals surface area contributed by atoms with E-state index in [9.17, 15) is 0 Å². The Kier molecular flexibility index (Phi) is 4.45. The van der Waals surface area contributed by atoms with Crippen LogP contribution in [-0.4, -0.2) is 19.3 Å². The van der Waals surface area contributed by atoms with Gasteiger partial charge in [-0.1, -0.05) is 11.6 Å². The van der Waals surface area contributed by atoms with Gasteiger partial charge in [0.1, 0.15) is 5.75 Å². The predicted octanol–water partition coefficient (Wildman–Crippen LogP) is 1.77. The van der Waals surface area contributed by atoms with E-state index in [0.29, 0.717) is 15.9 Å². The Morgan fingerprint density at radius 3 is 2.73 bits per heavy atom. The molecule has 3 N–H and O–H groups in total. The summed E-state index contributed by atoms with van der Waals surface area (Å²) >= 11 is 10.8. The van der Waals surface area contributed by atoms with Crippen molar-refractivity contribution in [2.24, 2.45) is 0 Å². The Morgan fingerprint density at radius 1 is 1.47 bits per heavy atom. The normalized spacial score (nSPS) is 9.27. The minimum Gasteiger partial charge on any atom is -0.495 e. The lowest BCUT2D eigenvalue weighted by Gasteiger charge is -2.11. The number of hydrazine groups is 1. The molecule has 0 saturated heterocycles. The molecule has 0 spiro atoms. The van der Waals surface area contributed by atoms with Crippen molar-refractivity contribution >= 4 is 34.6 Å². The minimum absolute atomic E-state index is 0.502. The van der Waals surface area contributed by atoms with E-state index in [1.54, 1.807) is 26.3 Å². The summed E-state index contributed by atoms with van der Waals surface area (Å²) in [6.45, 7) is 0. The van der Waals surface area contributed by atoms with Crippen LogP contribution in [0, 0.1) is 0 Å². The third kappa shape index (κ3) is 3.45. The van der Waals surface area contributed by atoms with Crippen LogP contribution in [0.5, 0.6) is 5.75 Å². The van der Waals surface area contributed by atoms with Gasteiger partial charge >= 0.3 is 0 Å². The highest BCUT2D eigenvalue weighted by Gasteiger charge is 2.01. The van der Waals surface area contributed by atoms with Gasteiger partial charge in [0, 0.05) is 7.05 Å². The van der Waals surface area contributed by atoms with Crippen LogP contribution in [-0.2, 0) is 0 Å². The van der Waals surface area contributed by atoms with Crippen molar-refractivity contribution < 1.29 is 4.74 Å². The average molecular weight is 246 g/mol. The van der Waals surface area contributed by atoms with E-state index in [2.05, 4.69) is 16.2 Å². The fourth-order valence-corrected chi connectivity index (χ4v) is 1.24. The first-order valence-electron chi connectivity index (χ1n) is 4.24. The number of ether oxygens (including phenoxy) is 1. The molecule has 4 nitrogen and oxygen atoms in total. The molecule has 82 valence electrons. The third-order valence-electron chi connectivity index (χ3n) is 1.70. The number of methoxy groups -OCH3 is 1. The van der Waals surface area contributed by atoms with Gasteiger partial charge in [-0.3, -0.25) is 10.9 Å². The fourth-order valence-electron chi connectivity index (χ4n) is 0.936.